The Morgan fingerprint density at radius 1 is 1.00 bits per heavy atom. The van der Waals surface area contributed by atoms with E-state index in [2.05, 4.69) is 0 Å². The van der Waals surface area contributed by atoms with Crippen molar-refractivity contribution in [3.63, 3.8) is 0 Å². The smallest absolute Gasteiger partial charge is 0.416 e. The average Bonchev–Trinajstić information content (AvgIpc) is 2.94. The Balaban J connectivity index is 1.59. The first-order chi connectivity index (χ1) is 20.2. The number of alkyl halides is 6. The lowest BCUT2D eigenvalue weighted by Gasteiger charge is -2.52. The zero-order chi connectivity index (χ0) is 31.5. The summed E-state index contributed by atoms with van der Waals surface area (Å²) in [4.78, 5) is 44.1. The molecule has 2 aromatic carbocycles. The van der Waals surface area contributed by atoms with Gasteiger partial charge in [0.05, 0.1) is 17.7 Å². The minimum absolute atomic E-state index is 0.00761. The zero-order valence-corrected chi connectivity index (χ0v) is 23.4. The number of benzene rings is 2. The molecule has 2 aliphatic heterocycles. The Hall–Kier alpha value is -3.81. The number of halogens is 6. The number of amides is 3. The first kappa shape index (κ1) is 32.1. The highest BCUT2D eigenvalue weighted by Crippen LogP contribution is 2.37. The molecule has 0 spiro atoms. The second kappa shape index (κ2) is 12.8. The van der Waals surface area contributed by atoms with Crippen LogP contribution < -0.4 is 5.73 Å². The molecule has 0 unspecified atom stereocenters. The Kier molecular flexibility index (Phi) is 9.57. The molecule has 0 bridgehead atoms. The number of unbranched alkanes of at least 4 members (excludes halogenated alkanes) is 1. The van der Waals surface area contributed by atoms with E-state index < -0.39 is 54.0 Å². The van der Waals surface area contributed by atoms with Gasteiger partial charge in [-0.3, -0.25) is 14.5 Å². The molecule has 3 amide bonds. The van der Waals surface area contributed by atoms with Crippen LogP contribution in [0.5, 0.6) is 0 Å². The van der Waals surface area contributed by atoms with Crippen LogP contribution in [0, 0.1) is 6.92 Å². The van der Waals surface area contributed by atoms with E-state index in [1.165, 1.54) is 9.80 Å². The van der Waals surface area contributed by atoms with Crippen LogP contribution in [0.4, 0.5) is 31.1 Å². The molecule has 0 aliphatic carbocycles. The predicted octanol–water partition coefficient (Wildman–Crippen LogP) is 5.07. The molecule has 14 heteroatoms. The van der Waals surface area contributed by atoms with Crippen LogP contribution in [-0.4, -0.2) is 64.4 Å². The van der Waals surface area contributed by atoms with Crippen LogP contribution in [0.1, 0.15) is 53.5 Å². The molecule has 2 aliphatic rings. The lowest BCUT2D eigenvalue weighted by atomic mass is 9.98. The van der Waals surface area contributed by atoms with Gasteiger partial charge in [-0.2, -0.15) is 26.3 Å². The van der Waals surface area contributed by atoms with Crippen molar-refractivity contribution in [2.45, 2.75) is 70.3 Å². The van der Waals surface area contributed by atoms with E-state index in [-0.39, 0.29) is 43.9 Å². The van der Waals surface area contributed by atoms with Gasteiger partial charge in [-0.05, 0) is 67.6 Å². The molecule has 234 valence electrons. The number of piperazine rings is 1. The van der Waals surface area contributed by atoms with E-state index in [0.717, 1.165) is 11.1 Å². The van der Waals surface area contributed by atoms with Crippen molar-refractivity contribution in [3.8, 4) is 0 Å². The topological polar surface area (TPSA) is 96.2 Å². The Morgan fingerprint density at radius 3 is 2.26 bits per heavy atom. The zero-order valence-electron chi connectivity index (χ0n) is 23.4. The number of ether oxygens (including phenoxy) is 1. The first-order valence-electron chi connectivity index (χ1n) is 13.8. The summed E-state index contributed by atoms with van der Waals surface area (Å²) in [5.41, 5.74) is 3.87. The van der Waals surface area contributed by atoms with Gasteiger partial charge in [0.15, 0.2) is 0 Å². The predicted molar refractivity (Wildman–Crippen MR) is 142 cm³/mol. The van der Waals surface area contributed by atoms with Crippen molar-refractivity contribution in [1.82, 2.24) is 14.7 Å². The third-order valence-electron chi connectivity index (χ3n) is 7.65. The number of nitrogens with two attached hydrogens (primary N) is 1. The number of carbonyl (C=O) groups excluding carboxylic acids is 3. The van der Waals surface area contributed by atoms with E-state index in [9.17, 15) is 40.7 Å². The van der Waals surface area contributed by atoms with E-state index in [1.807, 2.05) is 31.2 Å². The Bertz CT molecular complexity index is 1320. The van der Waals surface area contributed by atoms with Crippen LogP contribution in [0.2, 0.25) is 0 Å². The lowest BCUT2D eigenvalue weighted by molar-refractivity contribution is -0.169. The number of aryl methyl sites for hydroxylation is 1. The number of hydrogen-bond donors (Lipinski definition) is 1. The maximum atomic E-state index is 13.6. The van der Waals surface area contributed by atoms with E-state index in [4.69, 9.17) is 10.5 Å². The standard InChI is InChI=1S/C29H32F6N4O4/c1-18-6-2-3-7-20(18)15-37-16-24-38(11-9-25(40)39(24)23(26(37)41)8-4-5-10-36)27(42)43-17-19-12-21(28(30,31)32)14-22(13-19)29(33,34)35/h2-3,6-7,12-14,23-24H,4-5,8-11,15-17,36H2,1H3/t23-,24+/m0/s1. The molecule has 2 atom stereocenters. The molecule has 8 nitrogen and oxygen atoms in total. The van der Waals surface area contributed by atoms with Crippen LogP contribution in [0.3, 0.4) is 0 Å². The summed E-state index contributed by atoms with van der Waals surface area (Å²) in [5.74, 6) is -0.632. The van der Waals surface area contributed by atoms with Crippen molar-refractivity contribution >= 4 is 17.9 Å². The van der Waals surface area contributed by atoms with Gasteiger partial charge in [0.25, 0.3) is 0 Å². The molecule has 43 heavy (non-hydrogen) atoms. The van der Waals surface area contributed by atoms with Gasteiger partial charge >= 0.3 is 18.4 Å². The van der Waals surface area contributed by atoms with Crippen LogP contribution in [0.25, 0.3) is 0 Å². The third kappa shape index (κ3) is 7.40. The maximum absolute atomic E-state index is 13.6. The molecular formula is C29H32F6N4O4. The largest absolute Gasteiger partial charge is 0.444 e. The Labute approximate surface area is 244 Å². The summed E-state index contributed by atoms with van der Waals surface area (Å²) in [7, 11) is 0. The Morgan fingerprint density at radius 2 is 1.65 bits per heavy atom. The number of nitrogens with zero attached hydrogens (tertiary/aromatic N) is 3. The van der Waals surface area contributed by atoms with Gasteiger partial charge in [-0.1, -0.05) is 24.3 Å². The molecule has 4 rings (SSSR count). The molecule has 2 aromatic rings. The van der Waals surface area contributed by atoms with E-state index >= 15 is 0 Å². The maximum Gasteiger partial charge on any atom is 0.416 e. The molecule has 0 aromatic heterocycles. The number of carbonyl (C=O) groups is 3. The highest BCUT2D eigenvalue weighted by atomic mass is 19.4. The van der Waals surface area contributed by atoms with Gasteiger partial charge in [-0.25, -0.2) is 4.79 Å². The molecule has 2 heterocycles. The molecule has 0 radical (unpaired) electrons. The normalized spacial score (nSPS) is 19.5. The van der Waals surface area contributed by atoms with Gasteiger partial charge in [-0.15, -0.1) is 0 Å². The summed E-state index contributed by atoms with van der Waals surface area (Å²) in [6, 6.07) is 7.53. The quantitative estimate of drug-likeness (QED) is 0.331. The van der Waals surface area contributed by atoms with Crippen molar-refractivity contribution in [1.29, 1.82) is 0 Å². The molecule has 0 saturated carbocycles. The highest BCUT2D eigenvalue weighted by molar-refractivity contribution is 5.90. The van der Waals surface area contributed by atoms with Gasteiger partial charge in [0.2, 0.25) is 11.8 Å². The van der Waals surface area contributed by atoms with E-state index in [0.29, 0.717) is 37.9 Å². The molecular weight excluding hydrogens is 582 g/mol. The van der Waals surface area contributed by atoms with Crippen molar-refractivity contribution in [3.05, 3.63) is 70.3 Å². The van der Waals surface area contributed by atoms with Crippen LogP contribution >= 0.6 is 0 Å². The SMILES string of the molecule is Cc1ccccc1CN1C[C@@H]2N(C(=O)OCc3cc(C(F)(F)F)cc(C(F)(F)F)c3)CCC(=O)N2[C@@H](CCCCN)C1=O. The number of fused-ring (bicyclic) bond motifs is 1. The second-order valence-electron chi connectivity index (χ2n) is 10.6. The van der Waals surface area contributed by atoms with Crippen LogP contribution in [-0.2, 0) is 39.8 Å². The highest BCUT2D eigenvalue weighted by Gasteiger charge is 2.49. The summed E-state index contributed by atoms with van der Waals surface area (Å²) in [6.45, 7) is 1.47. The summed E-state index contributed by atoms with van der Waals surface area (Å²) >= 11 is 0. The minimum atomic E-state index is -5.05. The fourth-order valence-corrected chi connectivity index (χ4v) is 5.42. The monoisotopic (exact) mass is 614 g/mol. The van der Waals surface area contributed by atoms with Crippen LogP contribution in [0.15, 0.2) is 42.5 Å². The third-order valence-corrected chi connectivity index (χ3v) is 7.65. The van der Waals surface area contributed by atoms with Crippen molar-refractivity contribution in [2.75, 3.05) is 19.6 Å². The minimum Gasteiger partial charge on any atom is -0.444 e. The molecule has 2 saturated heterocycles. The van der Waals surface area contributed by atoms with Gasteiger partial charge in [0.1, 0.15) is 18.8 Å². The average molecular weight is 615 g/mol. The first-order valence-corrected chi connectivity index (χ1v) is 13.8. The lowest BCUT2D eigenvalue weighted by Crippen LogP contribution is -2.71. The fourth-order valence-electron chi connectivity index (χ4n) is 5.42. The summed E-state index contributed by atoms with van der Waals surface area (Å²) < 4.78 is 84.9. The van der Waals surface area contributed by atoms with Gasteiger partial charge < -0.3 is 20.3 Å². The van der Waals surface area contributed by atoms with Gasteiger partial charge in [0, 0.05) is 19.5 Å². The second-order valence-corrected chi connectivity index (χ2v) is 10.6. The number of rotatable bonds is 8. The molecule has 2 fully saturated rings. The summed E-state index contributed by atoms with van der Waals surface area (Å²) in [6.07, 6.45) is -10.8. The summed E-state index contributed by atoms with van der Waals surface area (Å²) in [5, 5.41) is 0. The van der Waals surface area contributed by atoms with Crippen molar-refractivity contribution in [2.24, 2.45) is 5.73 Å². The van der Waals surface area contributed by atoms with E-state index in [1.54, 1.807) is 4.90 Å². The molecule has 2 N–H and O–H groups in total. The van der Waals surface area contributed by atoms with Crippen molar-refractivity contribution < 1.29 is 45.5 Å². The number of hydrogen-bond acceptors (Lipinski definition) is 5. The fraction of sp³-hybridized carbons (Fsp3) is 0.483.